The van der Waals surface area contributed by atoms with E-state index in [-0.39, 0.29) is 18.8 Å². The van der Waals surface area contributed by atoms with Crippen LogP contribution in [0.5, 0.6) is 0 Å². The van der Waals surface area contributed by atoms with Crippen molar-refractivity contribution in [3.8, 4) is 12.3 Å². The number of terminal acetylenes is 1. The molecule has 2 heterocycles. The number of aliphatic hydroxyl groups is 1. The van der Waals surface area contributed by atoms with Gasteiger partial charge in [-0.15, -0.1) is 18.2 Å². The fraction of sp³-hybridized carbons (Fsp3) is 0.800. The highest BCUT2D eigenvalue weighted by atomic mass is 32.2. The lowest BCUT2D eigenvalue weighted by molar-refractivity contribution is -0.147. The summed E-state index contributed by atoms with van der Waals surface area (Å²) < 4.78 is 10.8. The van der Waals surface area contributed by atoms with E-state index in [9.17, 15) is 5.11 Å². The zero-order chi connectivity index (χ0) is 10.4. The van der Waals surface area contributed by atoms with Gasteiger partial charge in [-0.05, 0) is 13.8 Å². The predicted octanol–water partition coefficient (Wildman–Crippen LogP) is 0.618. The Labute approximate surface area is 88.2 Å². The van der Waals surface area contributed by atoms with Crippen molar-refractivity contribution in [2.24, 2.45) is 0 Å². The molecule has 2 saturated heterocycles. The molecule has 1 N–H and O–H groups in total. The van der Waals surface area contributed by atoms with Gasteiger partial charge >= 0.3 is 0 Å². The van der Waals surface area contributed by atoms with Crippen LogP contribution < -0.4 is 0 Å². The zero-order valence-electron chi connectivity index (χ0n) is 8.32. The van der Waals surface area contributed by atoms with Gasteiger partial charge in [0, 0.05) is 5.75 Å². The monoisotopic (exact) mass is 214 g/mol. The summed E-state index contributed by atoms with van der Waals surface area (Å²) in [5, 5.41) is 9.33. The van der Waals surface area contributed by atoms with Crippen molar-refractivity contribution in [2.75, 3.05) is 12.4 Å². The maximum atomic E-state index is 9.33. The average molecular weight is 214 g/mol. The maximum absolute atomic E-state index is 9.33. The molecule has 4 heteroatoms. The van der Waals surface area contributed by atoms with Gasteiger partial charge in [-0.2, -0.15) is 0 Å². The highest BCUT2D eigenvalue weighted by molar-refractivity contribution is 8.01. The van der Waals surface area contributed by atoms with Gasteiger partial charge in [-0.3, -0.25) is 0 Å². The minimum atomic E-state index is -0.613. The summed E-state index contributed by atoms with van der Waals surface area (Å²) in [6.07, 6.45) is 5.29. The number of hydrogen-bond donors (Lipinski definition) is 1. The number of fused-ring (bicyclic) bond motifs is 1. The van der Waals surface area contributed by atoms with E-state index in [0.717, 1.165) is 5.75 Å². The van der Waals surface area contributed by atoms with E-state index < -0.39 is 10.5 Å². The third-order valence-corrected chi connectivity index (χ3v) is 4.12. The third kappa shape index (κ3) is 1.36. The van der Waals surface area contributed by atoms with Crippen LogP contribution >= 0.6 is 11.8 Å². The Morgan fingerprint density at radius 2 is 2.29 bits per heavy atom. The third-order valence-electron chi connectivity index (χ3n) is 2.63. The molecule has 0 aromatic rings. The Morgan fingerprint density at radius 1 is 1.57 bits per heavy atom. The van der Waals surface area contributed by atoms with E-state index in [4.69, 9.17) is 15.9 Å². The molecule has 2 aliphatic rings. The molecule has 0 radical (unpaired) electrons. The van der Waals surface area contributed by atoms with E-state index >= 15 is 0 Å². The lowest BCUT2D eigenvalue weighted by Gasteiger charge is -2.27. The number of hydrogen-bond acceptors (Lipinski definition) is 4. The summed E-state index contributed by atoms with van der Waals surface area (Å²) in [7, 11) is 0. The first-order valence-corrected chi connectivity index (χ1v) is 5.60. The van der Waals surface area contributed by atoms with Crippen LogP contribution in [0.2, 0.25) is 0 Å². The summed E-state index contributed by atoms with van der Waals surface area (Å²) in [4.78, 5) is 0. The normalized spacial score (nSPS) is 44.7. The smallest absolute Gasteiger partial charge is 0.163 e. The highest BCUT2D eigenvalue weighted by Gasteiger charge is 2.57. The molecule has 0 bridgehead atoms. The van der Waals surface area contributed by atoms with Crippen molar-refractivity contribution in [2.45, 2.75) is 36.6 Å². The van der Waals surface area contributed by atoms with Gasteiger partial charge in [-0.25, -0.2) is 0 Å². The van der Waals surface area contributed by atoms with Gasteiger partial charge < -0.3 is 14.6 Å². The Balaban J connectivity index is 2.24. The zero-order valence-corrected chi connectivity index (χ0v) is 9.13. The van der Waals surface area contributed by atoms with E-state index in [1.165, 1.54) is 0 Å². The Bertz CT molecular complexity index is 284. The molecule has 2 fully saturated rings. The van der Waals surface area contributed by atoms with E-state index in [1.54, 1.807) is 11.8 Å². The molecule has 2 rings (SSSR count). The van der Waals surface area contributed by atoms with Crippen molar-refractivity contribution in [3.63, 3.8) is 0 Å². The van der Waals surface area contributed by atoms with Crippen LogP contribution in [-0.2, 0) is 9.47 Å². The lowest BCUT2D eigenvalue weighted by Crippen LogP contribution is -2.42. The van der Waals surface area contributed by atoms with Gasteiger partial charge in [0.05, 0.1) is 12.7 Å². The van der Waals surface area contributed by atoms with Gasteiger partial charge in [0.1, 0.15) is 10.9 Å². The fourth-order valence-corrected chi connectivity index (χ4v) is 3.21. The summed E-state index contributed by atoms with van der Waals surface area (Å²) in [6, 6.07) is 0. The predicted molar refractivity (Wildman–Crippen MR) is 54.9 cm³/mol. The van der Waals surface area contributed by atoms with Crippen molar-refractivity contribution < 1.29 is 14.6 Å². The molecule has 0 saturated carbocycles. The molecule has 0 unspecified atom stereocenters. The molecule has 3 atom stereocenters. The van der Waals surface area contributed by atoms with Gasteiger partial charge in [0.25, 0.3) is 0 Å². The summed E-state index contributed by atoms with van der Waals surface area (Å²) >= 11 is 1.55. The fourth-order valence-electron chi connectivity index (χ4n) is 1.97. The van der Waals surface area contributed by atoms with Crippen LogP contribution in [0.3, 0.4) is 0 Å². The van der Waals surface area contributed by atoms with E-state index in [2.05, 4.69) is 5.92 Å². The standard InChI is InChI=1S/C10H14O3S/c1-4-10(6-11)8-7(5-14-10)12-9(2,3)13-8/h1,7-8,11H,5-6H2,2-3H3/t7-,8-,10+/m0/s1. The molecule has 2 aliphatic heterocycles. The first kappa shape index (κ1) is 10.3. The van der Waals surface area contributed by atoms with Crippen LogP contribution in [0.1, 0.15) is 13.8 Å². The highest BCUT2D eigenvalue weighted by Crippen LogP contribution is 2.47. The molecular weight excluding hydrogens is 200 g/mol. The second kappa shape index (κ2) is 3.14. The first-order chi connectivity index (χ1) is 6.53. The van der Waals surface area contributed by atoms with Crippen molar-refractivity contribution in [1.29, 1.82) is 0 Å². The first-order valence-electron chi connectivity index (χ1n) is 4.61. The van der Waals surface area contributed by atoms with Crippen LogP contribution in [-0.4, -0.2) is 40.2 Å². The molecule has 0 aliphatic carbocycles. The van der Waals surface area contributed by atoms with Crippen molar-refractivity contribution >= 4 is 11.8 Å². The Hall–Kier alpha value is -0.210. The van der Waals surface area contributed by atoms with Crippen molar-refractivity contribution in [3.05, 3.63) is 0 Å². The SMILES string of the molecule is C#C[C@]1(CO)SC[C@@H]2OC(C)(C)O[C@@H]21. The van der Waals surface area contributed by atoms with Crippen LogP contribution in [0.15, 0.2) is 0 Å². The van der Waals surface area contributed by atoms with Crippen molar-refractivity contribution in [1.82, 2.24) is 0 Å². The maximum Gasteiger partial charge on any atom is 0.163 e. The molecule has 0 spiro atoms. The molecular formula is C10H14O3S. The second-order valence-corrected chi connectivity index (χ2v) is 5.45. The number of ether oxygens (including phenoxy) is 2. The summed E-state index contributed by atoms with van der Waals surface area (Å²) in [6.45, 7) is 3.68. The molecule has 0 aromatic carbocycles. The largest absolute Gasteiger partial charge is 0.394 e. The minimum Gasteiger partial charge on any atom is -0.394 e. The molecule has 0 aromatic heterocycles. The van der Waals surface area contributed by atoms with Gasteiger partial charge in [0.15, 0.2) is 5.79 Å². The molecule has 3 nitrogen and oxygen atoms in total. The lowest BCUT2D eigenvalue weighted by atomic mass is 10.00. The van der Waals surface area contributed by atoms with Crippen LogP contribution in [0, 0.1) is 12.3 Å². The number of rotatable bonds is 1. The second-order valence-electron chi connectivity index (χ2n) is 4.10. The number of aliphatic hydroxyl groups excluding tert-OH is 1. The van der Waals surface area contributed by atoms with E-state index in [0.29, 0.717) is 0 Å². The topological polar surface area (TPSA) is 38.7 Å². The van der Waals surface area contributed by atoms with Gasteiger partial charge in [-0.1, -0.05) is 5.92 Å². The summed E-state index contributed by atoms with van der Waals surface area (Å²) in [5.41, 5.74) is 0. The van der Waals surface area contributed by atoms with Crippen LogP contribution in [0.25, 0.3) is 0 Å². The van der Waals surface area contributed by atoms with Crippen LogP contribution in [0.4, 0.5) is 0 Å². The molecule has 0 amide bonds. The molecule has 78 valence electrons. The minimum absolute atomic E-state index is 0.0122. The quantitative estimate of drug-likeness (QED) is 0.649. The summed E-state index contributed by atoms with van der Waals surface area (Å²) in [5.74, 6) is 2.86. The molecule has 14 heavy (non-hydrogen) atoms. The Kier molecular flexibility index (Phi) is 2.31. The van der Waals surface area contributed by atoms with E-state index in [1.807, 2.05) is 13.8 Å². The number of thioether (sulfide) groups is 1. The van der Waals surface area contributed by atoms with Gasteiger partial charge in [0.2, 0.25) is 0 Å². The Morgan fingerprint density at radius 3 is 2.86 bits per heavy atom. The average Bonchev–Trinajstić information content (AvgIpc) is 2.59.